The maximum Gasteiger partial charge on any atom is 0.248 e. The van der Waals surface area contributed by atoms with E-state index in [9.17, 15) is 0 Å². The van der Waals surface area contributed by atoms with Gasteiger partial charge in [-0.05, 0) is 30.3 Å². The summed E-state index contributed by atoms with van der Waals surface area (Å²) in [7, 11) is 0. The third-order valence-corrected chi connectivity index (χ3v) is 4.25. The Bertz CT molecular complexity index is 955. The van der Waals surface area contributed by atoms with Gasteiger partial charge < -0.3 is 16.8 Å². The number of nitrogens with one attached hydrogen (secondary N) is 1. The maximum absolute atomic E-state index is 5.97. The van der Waals surface area contributed by atoms with E-state index in [4.69, 9.17) is 11.5 Å². The number of nitrogen functional groups attached to an aromatic ring is 2. The lowest BCUT2D eigenvalue weighted by atomic mass is 10.3. The van der Waals surface area contributed by atoms with Gasteiger partial charge in [-0.25, -0.2) is 4.98 Å². The van der Waals surface area contributed by atoms with Crippen molar-refractivity contribution >= 4 is 44.8 Å². The fourth-order valence-corrected chi connectivity index (χ4v) is 3.14. The highest BCUT2D eigenvalue weighted by Crippen LogP contribution is 2.26. The molecule has 4 aromatic rings. The van der Waals surface area contributed by atoms with Gasteiger partial charge >= 0.3 is 0 Å². The Hall–Kier alpha value is -3.13. The predicted octanol–water partition coefficient (Wildman–Crippen LogP) is 2.79. The van der Waals surface area contributed by atoms with Crippen LogP contribution in [0.5, 0.6) is 0 Å². The highest BCUT2D eigenvalue weighted by Gasteiger charge is 2.13. The fourth-order valence-electron chi connectivity index (χ4n) is 2.21. The van der Waals surface area contributed by atoms with Crippen LogP contribution in [0.3, 0.4) is 0 Å². The molecule has 2 heterocycles. The van der Waals surface area contributed by atoms with Crippen molar-refractivity contribution in [3.63, 3.8) is 0 Å². The molecule has 0 bridgehead atoms. The molecule has 7 nitrogen and oxygen atoms in total. The summed E-state index contributed by atoms with van der Waals surface area (Å²) in [6.07, 6.45) is 0. The number of benzene rings is 2. The summed E-state index contributed by atoms with van der Waals surface area (Å²) in [6.45, 7) is 0. The van der Waals surface area contributed by atoms with Crippen LogP contribution in [0.2, 0.25) is 0 Å². The molecular formula is C15H13N7S. The largest absolute Gasteiger partial charge is 0.399 e. The molecule has 0 saturated heterocycles. The Morgan fingerprint density at radius 3 is 2.70 bits per heavy atom. The Labute approximate surface area is 135 Å². The van der Waals surface area contributed by atoms with E-state index in [1.54, 1.807) is 6.07 Å². The van der Waals surface area contributed by atoms with Crippen molar-refractivity contribution in [3.8, 4) is 5.13 Å². The van der Waals surface area contributed by atoms with Crippen molar-refractivity contribution in [2.24, 2.45) is 0 Å². The zero-order valence-corrected chi connectivity index (χ0v) is 12.8. The lowest BCUT2D eigenvalue weighted by Gasteiger charge is -2.01. The highest BCUT2D eigenvalue weighted by molar-refractivity contribution is 7.20. The molecule has 5 N–H and O–H groups in total. The number of aromatic nitrogens is 4. The van der Waals surface area contributed by atoms with Crippen LogP contribution in [0.1, 0.15) is 0 Å². The normalized spacial score (nSPS) is 11.0. The number of hydrogen-bond donors (Lipinski definition) is 3. The van der Waals surface area contributed by atoms with Crippen LogP contribution in [-0.4, -0.2) is 19.7 Å². The molecule has 0 radical (unpaired) electrons. The van der Waals surface area contributed by atoms with E-state index in [1.807, 2.05) is 42.5 Å². The summed E-state index contributed by atoms with van der Waals surface area (Å²) < 4.78 is 2.60. The van der Waals surface area contributed by atoms with Crippen LogP contribution in [0, 0.1) is 0 Å². The molecule has 0 saturated carbocycles. The molecule has 0 spiro atoms. The van der Waals surface area contributed by atoms with E-state index in [-0.39, 0.29) is 5.95 Å². The molecule has 2 aromatic carbocycles. The molecule has 114 valence electrons. The van der Waals surface area contributed by atoms with Gasteiger partial charge in [0.05, 0.1) is 10.2 Å². The Kier molecular flexibility index (Phi) is 3.09. The van der Waals surface area contributed by atoms with Crippen LogP contribution in [0.15, 0.2) is 48.5 Å². The van der Waals surface area contributed by atoms with E-state index in [1.165, 1.54) is 16.0 Å². The summed E-state index contributed by atoms with van der Waals surface area (Å²) in [5.41, 5.74) is 14.1. The fraction of sp³-hybridized carbons (Fsp3) is 0. The zero-order chi connectivity index (χ0) is 15.8. The van der Waals surface area contributed by atoms with Gasteiger partial charge in [-0.2, -0.15) is 9.67 Å². The van der Waals surface area contributed by atoms with Gasteiger partial charge in [0.15, 0.2) is 0 Å². The molecule has 0 amide bonds. The van der Waals surface area contributed by atoms with Crippen molar-refractivity contribution < 1.29 is 0 Å². The average Bonchev–Trinajstić information content (AvgIpc) is 3.10. The van der Waals surface area contributed by atoms with Gasteiger partial charge in [-0.15, -0.1) is 5.10 Å². The Morgan fingerprint density at radius 2 is 1.87 bits per heavy atom. The summed E-state index contributed by atoms with van der Waals surface area (Å²) in [6, 6.07) is 15.2. The van der Waals surface area contributed by atoms with Crippen LogP contribution < -0.4 is 16.8 Å². The number of para-hydroxylation sites is 1. The highest BCUT2D eigenvalue weighted by atomic mass is 32.1. The Morgan fingerprint density at radius 1 is 1.00 bits per heavy atom. The number of anilines is 4. The summed E-state index contributed by atoms with van der Waals surface area (Å²) in [5.74, 6) is 0.669. The minimum Gasteiger partial charge on any atom is -0.399 e. The van der Waals surface area contributed by atoms with Crippen LogP contribution in [-0.2, 0) is 0 Å². The second kappa shape index (κ2) is 5.25. The van der Waals surface area contributed by atoms with Crippen LogP contribution in [0.4, 0.5) is 23.3 Å². The van der Waals surface area contributed by atoms with Gasteiger partial charge in [0, 0.05) is 11.4 Å². The van der Waals surface area contributed by atoms with Crippen LogP contribution in [0.25, 0.3) is 15.3 Å². The second-order valence-corrected chi connectivity index (χ2v) is 5.93. The summed E-state index contributed by atoms with van der Waals surface area (Å²) >= 11 is 1.51. The lowest BCUT2D eigenvalue weighted by molar-refractivity contribution is 0.886. The average molecular weight is 323 g/mol. The first-order valence-corrected chi connectivity index (χ1v) is 7.72. The second-order valence-electron chi connectivity index (χ2n) is 4.92. The van der Waals surface area contributed by atoms with Gasteiger partial charge in [-0.1, -0.05) is 29.5 Å². The number of thiazole rings is 1. The van der Waals surface area contributed by atoms with Crippen LogP contribution >= 0.6 is 11.3 Å². The van der Waals surface area contributed by atoms with Crippen molar-refractivity contribution in [1.29, 1.82) is 0 Å². The topological polar surface area (TPSA) is 108 Å². The molecule has 0 unspecified atom stereocenters. The molecule has 0 aliphatic rings. The lowest BCUT2D eigenvalue weighted by Crippen LogP contribution is -2.01. The zero-order valence-electron chi connectivity index (χ0n) is 12.0. The third kappa shape index (κ3) is 2.55. The predicted molar refractivity (Wildman–Crippen MR) is 93.1 cm³/mol. The Balaban J connectivity index is 1.69. The third-order valence-electron chi connectivity index (χ3n) is 3.24. The van der Waals surface area contributed by atoms with E-state index in [0.29, 0.717) is 16.8 Å². The summed E-state index contributed by atoms with van der Waals surface area (Å²) in [5, 5.41) is 8.14. The minimum absolute atomic E-state index is 0.274. The molecule has 4 rings (SSSR count). The maximum atomic E-state index is 5.97. The number of nitrogens with two attached hydrogens (primary N) is 2. The minimum atomic E-state index is 0.274. The molecule has 0 aliphatic carbocycles. The van der Waals surface area contributed by atoms with Crippen molar-refractivity contribution in [2.45, 2.75) is 0 Å². The van der Waals surface area contributed by atoms with Crippen molar-refractivity contribution in [3.05, 3.63) is 48.5 Å². The van der Waals surface area contributed by atoms with Gasteiger partial charge in [0.2, 0.25) is 17.0 Å². The molecule has 0 fully saturated rings. The van der Waals surface area contributed by atoms with Crippen molar-refractivity contribution in [1.82, 2.24) is 19.7 Å². The SMILES string of the molecule is Nc1cccc(Nc2nc(N)n(-c3nc4ccccc4s3)n2)c1. The standard InChI is InChI=1S/C15H13N7S/c16-9-4-3-5-10(8-9)18-14-20-13(17)22(21-14)15-19-11-6-1-2-7-12(11)23-15/h1-8H,16H2,(H3,17,18,20,21). The first-order chi connectivity index (χ1) is 11.2. The smallest absolute Gasteiger partial charge is 0.248 e. The molecule has 23 heavy (non-hydrogen) atoms. The molecule has 8 heteroatoms. The number of nitrogens with zero attached hydrogens (tertiary/aromatic N) is 4. The van der Waals surface area contributed by atoms with Gasteiger partial charge in [0.25, 0.3) is 0 Å². The molecular weight excluding hydrogens is 310 g/mol. The van der Waals surface area contributed by atoms with E-state index in [2.05, 4.69) is 20.4 Å². The van der Waals surface area contributed by atoms with Gasteiger partial charge in [0.1, 0.15) is 0 Å². The quantitative estimate of drug-likeness (QED) is 0.500. The van der Waals surface area contributed by atoms with E-state index < -0.39 is 0 Å². The number of fused-ring (bicyclic) bond motifs is 1. The number of rotatable bonds is 3. The monoisotopic (exact) mass is 323 g/mol. The first-order valence-electron chi connectivity index (χ1n) is 6.90. The van der Waals surface area contributed by atoms with E-state index in [0.717, 1.165) is 15.9 Å². The summed E-state index contributed by atoms with van der Waals surface area (Å²) in [4.78, 5) is 8.76. The number of hydrogen-bond acceptors (Lipinski definition) is 7. The molecule has 2 aromatic heterocycles. The van der Waals surface area contributed by atoms with Crippen molar-refractivity contribution in [2.75, 3.05) is 16.8 Å². The first kappa shape index (κ1) is 13.5. The molecule has 0 aliphatic heterocycles. The molecule has 0 atom stereocenters. The van der Waals surface area contributed by atoms with E-state index >= 15 is 0 Å². The van der Waals surface area contributed by atoms with Gasteiger partial charge in [-0.3, -0.25) is 0 Å².